The van der Waals surface area contributed by atoms with Gasteiger partial charge >= 0.3 is 12.2 Å². The third kappa shape index (κ3) is 8.71. The third-order valence-corrected chi connectivity index (χ3v) is 10.8. The number of fused-ring (bicyclic) bond motifs is 1. The largest absolute Gasteiger partial charge is 0.453 e. The molecule has 13 heteroatoms. The predicted molar refractivity (Wildman–Crippen MR) is 179 cm³/mol. The van der Waals surface area contributed by atoms with E-state index in [-0.39, 0.29) is 29.6 Å². The van der Waals surface area contributed by atoms with Gasteiger partial charge in [0.05, 0.1) is 23.4 Å². The standard InChI is InChI=1S/C34H48FN5O6S/c1-34(2,3)46-33(44)38-26(19-35)21-10-12-22(13-11-21)30(42)40-17-16-24(20-8-6-5-7-9-20)28(40)29(41)36-23-14-15-25-27(18-23)47-31(37-25)39-32(43)45-4/h14-15,18,20-22,24,26,28H,5-13,16-17,19H2,1-4H3,(H,36,41)(H,38,44)(H,37,39,43)/t21-,22-,24-,26+,28-/m0/s1. The molecule has 1 aromatic carbocycles. The smallest absolute Gasteiger partial charge is 0.413 e. The van der Waals surface area contributed by atoms with E-state index in [4.69, 9.17) is 4.74 Å². The third-order valence-electron chi connectivity index (χ3n) is 9.86. The van der Waals surface area contributed by atoms with Crippen molar-refractivity contribution in [1.29, 1.82) is 0 Å². The number of anilines is 2. The lowest BCUT2D eigenvalue weighted by atomic mass is 9.76. The van der Waals surface area contributed by atoms with Crippen molar-refractivity contribution in [3.63, 3.8) is 0 Å². The van der Waals surface area contributed by atoms with Gasteiger partial charge in [-0.05, 0) is 88.8 Å². The summed E-state index contributed by atoms with van der Waals surface area (Å²) in [5, 5.41) is 8.76. The van der Waals surface area contributed by atoms with Crippen LogP contribution in [0.2, 0.25) is 0 Å². The first-order valence-electron chi connectivity index (χ1n) is 16.9. The zero-order valence-corrected chi connectivity index (χ0v) is 28.6. The fourth-order valence-corrected chi connectivity index (χ4v) is 8.50. The number of methoxy groups -OCH3 is 1. The van der Waals surface area contributed by atoms with Gasteiger partial charge in [-0.15, -0.1) is 0 Å². The van der Waals surface area contributed by atoms with E-state index in [1.165, 1.54) is 24.9 Å². The minimum absolute atomic E-state index is 0.00440. The molecule has 3 atom stereocenters. The maximum Gasteiger partial charge on any atom is 0.413 e. The minimum atomic E-state index is -0.698. The van der Waals surface area contributed by atoms with E-state index < -0.39 is 36.5 Å². The number of carbonyl (C=O) groups is 4. The minimum Gasteiger partial charge on any atom is -0.453 e. The van der Waals surface area contributed by atoms with Gasteiger partial charge in [0.1, 0.15) is 18.3 Å². The number of aromatic nitrogens is 1. The summed E-state index contributed by atoms with van der Waals surface area (Å²) in [7, 11) is 1.29. The molecule has 3 aliphatic rings. The van der Waals surface area contributed by atoms with Crippen molar-refractivity contribution in [3.05, 3.63) is 18.2 Å². The van der Waals surface area contributed by atoms with E-state index in [2.05, 4.69) is 25.7 Å². The van der Waals surface area contributed by atoms with Gasteiger partial charge in [-0.3, -0.25) is 14.9 Å². The van der Waals surface area contributed by atoms with E-state index >= 15 is 0 Å². The first-order chi connectivity index (χ1) is 22.5. The van der Waals surface area contributed by atoms with E-state index in [9.17, 15) is 23.6 Å². The molecule has 0 radical (unpaired) electrons. The average molecular weight is 674 g/mol. The summed E-state index contributed by atoms with van der Waals surface area (Å²) in [6.45, 7) is 5.14. The monoisotopic (exact) mass is 673 g/mol. The number of nitrogens with one attached hydrogen (secondary N) is 3. The van der Waals surface area contributed by atoms with Gasteiger partial charge in [-0.25, -0.2) is 19.0 Å². The number of halogens is 1. The van der Waals surface area contributed by atoms with Crippen LogP contribution in [0.15, 0.2) is 18.2 Å². The maximum absolute atomic E-state index is 14.1. The molecule has 3 fully saturated rings. The molecule has 4 amide bonds. The lowest BCUT2D eigenvalue weighted by molar-refractivity contribution is -0.142. The lowest BCUT2D eigenvalue weighted by Gasteiger charge is -2.37. The van der Waals surface area contributed by atoms with Crippen LogP contribution in [0.3, 0.4) is 0 Å². The van der Waals surface area contributed by atoms with Gasteiger partial charge in [-0.2, -0.15) is 0 Å². The Balaban J connectivity index is 1.26. The molecule has 0 bridgehead atoms. The number of ether oxygens (including phenoxy) is 2. The van der Waals surface area contributed by atoms with Crippen LogP contribution in [0, 0.1) is 23.7 Å². The second-order valence-corrected chi connectivity index (χ2v) is 15.2. The van der Waals surface area contributed by atoms with Crippen LogP contribution in [0.5, 0.6) is 0 Å². The molecule has 258 valence electrons. The highest BCUT2D eigenvalue weighted by atomic mass is 32.1. The van der Waals surface area contributed by atoms with E-state index in [1.54, 1.807) is 32.9 Å². The Morgan fingerprint density at radius 2 is 1.72 bits per heavy atom. The summed E-state index contributed by atoms with van der Waals surface area (Å²) in [6, 6.07) is 4.18. The second-order valence-electron chi connectivity index (χ2n) is 14.2. The molecule has 0 unspecified atom stereocenters. The van der Waals surface area contributed by atoms with Crippen molar-refractivity contribution in [2.24, 2.45) is 23.7 Å². The van der Waals surface area contributed by atoms with Crippen LogP contribution < -0.4 is 16.0 Å². The molecule has 0 spiro atoms. The SMILES string of the molecule is COC(=O)Nc1nc2ccc(NC(=O)[C@@H]3[C@H](C4CCCCC4)CCN3C(=O)[C@H]3CC[C@H]([C@@H](CF)NC(=O)OC(C)(C)C)CC3)cc2s1. The number of nitrogens with zero attached hydrogens (tertiary/aromatic N) is 2. The number of hydrogen-bond acceptors (Lipinski definition) is 8. The Morgan fingerprint density at radius 3 is 2.38 bits per heavy atom. The van der Waals surface area contributed by atoms with E-state index in [0.29, 0.717) is 54.5 Å². The topological polar surface area (TPSA) is 139 Å². The molecule has 1 aromatic heterocycles. The van der Waals surface area contributed by atoms with Crippen LogP contribution in [0.1, 0.15) is 85.0 Å². The Bertz CT molecular complexity index is 1430. The zero-order chi connectivity index (χ0) is 33.7. The zero-order valence-electron chi connectivity index (χ0n) is 27.8. The van der Waals surface area contributed by atoms with E-state index in [0.717, 1.165) is 36.8 Å². The summed E-state index contributed by atoms with van der Waals surface area (Å²) < 4.78 is 24.8. The quantitative estimate of drug-likeness (QED) is 0.278. The molecule has 2 aromatic rings. The summed E-state index contributed by atoms with van der Waals surface area (Å²) in [6.07, 6.45) is 7.57. The van der Waals surface area contributed by atoms with Crippen molar-refractivity contribution in [1.82, 2.24) is 15.2 Å². The number of likely N-dealkylation sites (tertiary alicyclic amines) is 1. The summed E-state index contributed by atoms with van der Waals surface area (Å²) in [5.74, 6) is -0.0381. The fourth-order valence-electron chi connectivity index (χ4n) is 7.61. The highest BCUT2D eigenvalue weighted by molar-refractivity contribution is 7.22. The normalized spacial score (nSPS) is 24.4. The molecule has 1 saturated heterocycles. The molecule has 47 heavy (non-hydrogen) atoms. The first kappa shape index (κ1) is 34.8. The van der Waals surface area contributed by atoms with Crippen molar-refractivity contribution in [2.75, 3.05) is 31.0 Å². The molecular formula is C34H48FN5O6S. The van der Waals surface area contributed by atoms with Gasteiger partial charge in [-0.1, -0.05) is 43.4 Å². The summed E-state index contributed by atoms with van der Waals surface area (Å²) >= 11 is 1.28. The molecule has 2 heterocycles. The number of alkyl carbamates (subject to hydrolysis) is 1. The lowest BCUT2D eigenvalue weighted by Crippen LogP contribution is -2.50. The molecule has 11 nitrogen and oxygen atoms in total. The predicted octanol–water partition coefficient (Wildman–Crippen LogP) is 6.88. The fraction of sp³-hybridized carbons (Fsp3) is 0.676. The van der Waals surface area contributed by atoms with Crippen LogP contribution in [0.25, 0.3) is 10.2 Å². The Hall–Kier alpha value is -3.48. The number of benzene rings is 1. The molecule has 5 rings (SSSR count). The van der Waals surface area contributed by atoms with Gasteiger partial charge in [0.25, 0.3) is 0 Å². The Kier molecular flexibility index (Phi) is 11.2. The summed E-state index contributed by atoms with van der Waals surface area (Å²) in [4.78, 5) is 58.3. The number of thiazole rings is 1. The van der Waals surface area contributed by atoms with Gasteiger partial charge in [0.15, 0.2) is 5.13 Å². The molecular weight excluding hydrogens is 625 g/mol. The first-order valence-corrected chi connectivity index (χ1v) is 17.7. The highest BCUT2D eigenvalue weighted by Gasteiger charge is 2.47. The maximum atomic E-state index is 14.1. The number of rotatable bonds is 8. The van der Waals surface area contributed by atoms with Crippen molar-refractivity contribution in [3.8, 4) is 0 Å². The summed E-state index contributed by atoms with van der Waals surface area (Å²) in [5.41, 5.74) is 0.612. The van der Waals surface area contributed by atoms with Gasteiger partial charge < -0.3 is 25.0 Å². The van der Waals surface area contributed by atoms with Crippen LogP contribution >= 0.6 is 11.3 Å². The highest BCUT2D eigenvalue weighted by Crippen LogP contribution is 2.41. The van der Waals surface area contributed by atoms with Crippen molar-refractivity contribution in [2.45, 2.75) is 103 Å². The number of hydrogen-bond donors (Lipinski definition) is 3. The van der Waals surface area contributed by atoms with E-state index in [1.807, 2.05) is 11.0 Å². The van der Waals surface area contributed by atoms with Gasteiger partial charge in [0.2, 0.25) is 11.8 Å². The van der Waals surface area contributed by atoms with Gasteiger partial charge in [0, 0.05) is 18.2 Å². The molecule has 2 saturated carbocycles. The van der Waals surface area contributed by atoms with Crippen LogP contribution in [0.4, 0.5) is 24.8 Å². The second kappa shape index (κ2) is 15.2. The Labute approximate surface area is 279 Å². The molecule has 1 aliphatic heterocycles. The Morgan fingerprint density at radius 1 is 1.00 bits per heavy atom. The number of amides is 4. The average Bonchev–Trinajstić information content (AvgIpc) is 3.67. The van der Waals surface area contributed by atoms with Crippen LogP contribution in [-0.4, -0.2) is 71.9 Å². The van der Waals surface area contributed by atoms with Crippen LogP contribution in [-0.2, 0) is 19.1 Å². The molecule has 3 N–H and O–H groups in total. The van der Waals surface area contributed by atoms with Crippen molar-refractivity contribution >= 4 is 56.4 Å². The number of carbonyl (C=O) groups excluding carboxylic acids is 4. The van der Waals surface area contributed by atoms with Crippen molar-refractivity contribution < 1.29 is 33.0 Å². The number of alkyl halides is 1. The molecule has 2 aliphatic carbocycles.